The number of nitrogens with one attached hydrogen (secondary N) is 2. The van der Waals surface area contributed by atoms with E-state index in [-0.39, 0.29) is 17.3 Å². The molecular weight excluding hydrogens is 376 g/mol. The first kappa shape index (κ1) is 19.7. The summed E-state index contributed by atoms with van der Waals surface area (Å²) in [6.45, 7) is 6.00. The molecule has 3 aromatic rings. The summed E-state index contributed by atoms with van der Waals surface area (Å²) in [6.07, 6.45) is 4.59. The van der Waals surface area contributed by atoms with Crippen LogP contribution < -0.4 is 10.6 Å². The molecule has 2 heterocycles. The van der Waals surface area contributed by atoms with Crippen LogP contribution in [0.4, 0.5) is 28.1 Å². The van der Waals surface area contributed by atoms with E-state index in [1.54, 1.807) is 0 Å². The molecule has 0 amide bonds. The van der Waals surface area contributed by atoms with Gasteiger partial charge < -0.3 is 10.6 Å². The Morgan fingerprint density at radius 2 is 1.79 bits per heavy atom. The number of hydrogen-bond donors (Lipinski definition) is 2. The minimum Gasteiger partial charge on any atom is -0.334 e. The Bertz CT molecular complexity index is 952. The molecule has 0 atom stereocenters. The van der Waals surface area contributed by atoms with E-state index in [1.165, 1.54) is 23.2 Å². The topological polar surface area (TPSA) is 106 Å². The minimum atomic E-state index is -0.492. The van der Waals surface area contributed by atoms with Crippen LogP contribution in [0, 0.1) is 24.0 Å². The highest BCUT2D eigenvalue weighted by Gasteiger charge is 2.24. The zero-order chi connectivity index (χ0) is 20.1. The Kier molecular flexibility index (Phi) is 6.15. The number of nitro groups is 1. The average molecular weight is 398 g/mol. The predicted octanol–water partition coefficient (Wildman–Crippen LogP) is 5.29. The minimum absolute atomic E-state index is 0.107. The fourth-order valence-corrected chi connectivity index (χ4v) is 3.45. The quantitative estimate of drug-likeness (QED) is 0.392. The van der Waals surface area contributed by atoms with Crippen LogP contribution in [-0.4, -0.2) is 19.9 Å². The summed E-state index contributed by atoms with van der Waals surface area (Å²) in [4.78, 5) is 24.7. The second-order valence-corrected chi connectivity index (χ2v) is 7.59. The molecule has 0 aliphatic rings. The third-order valence-electron chi connectivity index (χ3n) is 4.29. The molecule has 2 aromatic heterocycles. The second-order valence-electron chi connectivity index (χ2n) is 6.39. The molecule has 0 spiro atoms. The van der Waals surface area contributed by atoms with Crippen molar-refractivity contribution in [2.24, 2.45) is 0 Å². The number of benzene rings is 1. The molecule has 9 heteroatoms. The third-order valence-corrected chi connectivity index (χ3v) is 5.28. The zero-order valence-corrected chi connectivity index (χ0v) is 16.8. The molecule has 0 aliphatic heterocycles. The van der Waals surface area contributed by atoms with Gasteiger partial charge in [-0.3, -0.25) is 10.1 Å². The summed E-state index contributed by atoms with van der Waals surface area (Å²) < 4.78 is 0. The summed E-state index contributed by atoms with van der Waals surface area (Å²) in [5, 5.41) is 18.2. The number of anilines is 4. The van der Waals surface area contributed by atoms with Gasteiger partial charge in [0.1, 0.15) is 6.33 Å². The second kappa shape index (κ2) is 8.75. The number of hydrogen-bond acceptors (Lipinski definition) is 8. The van der Waals surface area contributed by atoms with Crippen molar-refractivity contribution in [3.8, 4) is 0 Å². The zero-order valence-electron chi connectivity index (χ0n) is 16.0. The molecule has 0 unspecified atom stereocenters. The van der Waals surface area contributed by atoms with Crippen molar-refractivity contribution in [2.45, 2.75) is 40.0 Å². The lowest BCUT2D eigenvalue weighted by atomic mass is 10.1. The number of rotatable bonds is 8. The largest absolute Gasteiger partial charge is 0.353 e. The fraction of sp³-hybridized carbons (Fsp3) is 0.316. The Morgan fingerprint density at radius 1 is 1.11 bits per heavy atom. The van der Waals surface area contributed by atoms with Crippen molar-refractivity contribution in [1.29, 1.82) is 0 Å². The normalized spacial score (nSPS) is 10.7. The van der Waals surface area contributed by atoms with Crippen LogP contribution in [0.2, 0.25) is 0 Å². The first-order valence-corrected chi connectivity index (χ1v) is 9.86. The standard InChI is InChI=1S/C19H22N6O2S/c1-4-5-6-14-7-9-15(10-8-14)23-17-16(25(26)27)18(21-11-20-17)24-19-22-12(2)13(3)28-19/h7-11H,4-6H2,1-3H3,(H2,20,21,22,23,24). The molecule has 8 nitrogen and oxygen atoms in total. The monoisotopic (exact) mass is 398 g/mol. The van der Waals surface area contributed by atoms with Gasteiger partial charge in [0.15, 0.2) is 5.13 Å². The van der Waals surface area contributed by atoms with Gasteiger partial charge in [-0.2, -0.15) is 0 Å². The first-order valence-electron chi connectivity index (χ1n) is 9.04. The number of thiazole rings is 1. The third kappa shape index (κ3) is 4.61. The summed E-state index contributed by atoms with van der Waals surface area (Å²) >= 11 is 1.42. The van der Waals surface area contributed by atoms with Gasteiger partial charge in [0.25, 0.3) is 0 Å². The highest BCUT2D eigenvalue weighted by atomic mass is 32.1. The van der Waals surface area contributed by atoms with Gasteiger partial charge in [-0.25, -0.2) is 15.0 Å². The van der Waals surface area contributed by atoms with Gasteiger partial charge in [0.05, 0.1) is 10.6 Å². The van der Waals surface area contributed by atoms with E-state index >= 15 is 0 Å². The molecule has 1 aromatic carbocycles. The summed E-state index contributed by atoms with van der Waals surface area (Å²) in [6, 6.07) is 7.84. The maximum Gasteiger partial charge on any atom is 0.353 e. The van der Waals surface area contributed by atoms with E-state index in [9.17, 15) is 10.1 Å². The summed E-state index contributed by atoms with van der Waals surface area (Å²) in [5.74, 6) is 0.240. The lowest BCUT2D eigenvalue weighted by Gasteiger charge is -2.09. The lowest BCUT2D eigenvalue weighted by Crippen LogP contribution is -2.05. The maximum absolute atomic E-state index is 11.7. The number of unbranched alkanes of at least 4 members (excludes halogenated alkanes) is 1. The van der Waals surface area contributed by atoms with Gasteiger partial charge >= 0.3 is 5.69 Å². The van der Waals surface area contributed by atoms with Crippen molar-refractivity contribution in [2.75, 3.05) is 10.6 Å². The van der Waals surface area contributed by atoms with E-state index in [4.69, 9.17) is 0 Å². The molecule has 146 valence electrons. The lowest BCUT2D eigenvalue weighted by molar-refractivity contribution is -0.383. The molecule has 0 aliphatic carbocycles. The average Bonchev–Trinajstić information content (AvgIpc) is 2.98. The van der Waals surface area contributed by atoms with Crippen molar-refractivity contribution in [3.63, 3.8) is 0 Å². The van der Waals surface area contributed by atoms with E-state index < -0.39 is 4.92 Å². The van der Waals surface area contributed by atoms with Crippen LogP contribution >= 0.6 is 11.3 Å². The number of nitrogens with zero attached hydrogens (tertiary/aromatic N) is 4. The molecule has 3 rings (SSSR count). The Balaban J connectivity index is 1.85. The van der Waals surface area contributed by atoms with Crippen LogP contribution in [0.3, 0.4) is 0 Å². The molecular formula is C19H22N6O2S. The highest BCUT2D eigenvalue weighted by molar-refractivity contribution is 7.15. The van der Waals surface area contributed by atoms with E-state index in [0.717, 1.165) is 35.5 Å². The van der Waals surface area contributed by atoms with Gasteiger partial charge in [0, 0.05) is 10.6 Å². The van der Waals surface area contributed by atoms with Crippen LogP contribution in [0.5, 0.6) is 0 Å². The van der Waals surface area contributed by atoms with Crippen LogP contribution in [-0.2, 0) is 6.42 Å². The smallest absolute Gasteiger partial charge is 0.334 e. The number of aryl methyl sites for hydroxylation is 3. The van der Waals surface area contributed by atoms with Crippen LogP contribution in [0.25, 0.3) is 0 Å². The number of aromatic nitrogens is 3. The van der Waals surface area contributed by atoms with Gasteiger partial charge in [-0.05, 0) is 44.4 Å². The highest BCUT2D eigenvalue weighted by Crippen LogP contribution is 2.34. The molecule has 0 saturated heterocycles. The van der Waals surface area contributed by atoms with Crippen molar-refractivity contribution in [3.05, 3.63) is 56.8 Å². The molecule has 0 bridgehead atoms. The van der Waals surface area contributed by atoms with Crippen molar-refractivity contribution < 1.29 is 4.92 Å². The van der Waals surface area contributed by atoms with Crippen molar-refractivity contribution >= 4 is 39.5 Å². The van der Waals surface area contributed by atoms with E-state index in [2.05, 4.69) is 32.5 Å². The van der Waals surface area contributed by atoms with Crippen LogP contribution in [0.1, 0.15) is 35.9 Å². The van der Waals surface area contributed by atoms with Gasteiger partial charge in [-0.1, -0.05) is 25.5 Å². The van der Waals surface area contributed by atoms with Crippen LogP contribution in [0.15, 0.2) is 30.6 Å². The first-order chi connectivity index (χ1) is 13.5. The Morgan fingerprint density at radius 3 is 2.36 bits per heavy atom. The molecule has 2 N–H and O–H groups in total. The predicted molar refractivity (Wildman–Crippen MR) is 112 cm³/mol. The summed E-state index contributed by atoms with van der Waals surface area (Å²) in [7, 11) is 0. The maximum atomic E-state index is 11.7. The van der Waals surface area contributed by atoms with E-state index in [1.807, 2.05) is 38.1 Å². The SMILES string of the molecule is CCCCc1ccc(Nc2ncnc(Nc3nc(C)c(C)s3)c2[N+](=O)[O-])cc1. The molecule has 0 radical (unpaired) electrons. The van der Waals surface area contributed by atoms with Crippen molar-refractivity contribution in [1.82, 2.24) is 15.0 Å². The molecule has 0 saturated carbocycles. The molecule has 28 heavy (non-hydrogen) atoms. The fourth-order valence-electron chi connectivity index (χ4n) is 2.63. The van der Waals surface area contributed by atoms with Gasteiger partial charge in [-0.15, -0.1) is 11.3 Å². The molecule has 0 fully saturated rings. The Hall–Kier alpha value is -3.07. The van der Waals surface area contributed by atoms with Gasteiger partial charge in [0.2, 0.25) is 11.6 Å². The van der Waals surface area contributed by atoms with E-state index in [0.29, 0.717) is 5.13 Å². The summed E-state index contributed by atoms with van der Waals surface area (Å²) in [5.41, 5.74) is 2.63. The Labute approximate surface area is 167 Å².